The summed E-state index contributed by atoms with van der Waals surface area (Å²) in [7, 11) is 0. The molecule has 1 saturated heterocycles. The van der Waals surface area contributed by atoms with Crippen molar-refractivity contribution in [1.29, 1.82) is 0 Å². The highest BCUT2D eigenvalue weighted by Gasteiger charge is 2.34. The zero-order valence-electron chi connectivity index (χ0n) is 20.6. The van der Waals surface area contributed by atoms with E-state index in [1.54, 1.807) is 6.20 Å². The number of aromatic amines is 1. The van der Waals surface area contributed by atoms with Gasteiger partial charge in [0.1, 0.15) is 11.8 Å². The molecule has 5 heterocycles. The van der Waals surface area contributed by atoms with Gasteiger partial charge in [0, 0.05) is 60.8 Å². The lowest BCUT2D eigenvalue weighted by atomic mass is 10.0. The van der Waals surface area contributed by atoms with Crippen molar-refractivity contribution in [3.05, 3.63) is 48.0 Å². The monoisotopic (exact) mass is 475 g/mol. The van der Waals surface area contributed by atoms with E-state index in [2.05, 4.69) is 45.4 Å². The summed E-state index contributed by atoms with van der Waals surface area (Å²) in [4.78, 5) is 17.2. The Morgan fingerprint density at radius 3 is 2.86 bits per heavy atom. The standard InChI is InChI=1S/C18H23N7.C7H10N2O/c1-18(2)8-4-9-24(18)17-20-16(14-5-3-10-25(14)23-17)19-15-11-13(21-22-15)12-6-7-12;1-2-9-7(4-6-10)3-5-8-9/h3,5,10-12H,4,6-9H2,1-2H3,(H2,19,20,21,22,23);3,5-6H,2,4H2,1H3. The van der Waals surface area contributed by atoms with Crippen LogP contribution in [0.5, 0.6) is 0 Å². The summed E-state index contributed by atoms with van der Waals surface area (Å²) < 4.78 is 3.71. The average molecular weight is 476 g/mol. The SMILES string of the molecule is CC1(C)CCCN1c1nc(Nc2cc(C3CC3)[nH]n2)c2cccn2n1.CCn1nccc1CC=O. The molecular formula is C25H33N9O. The van der Waals surface area contributed by atoms with Crippen LogP contribution in [0.25, 0.3) is 5.52 Å². The second kappa shape index (κ2) is 9.52. The number of H-pyrrole nitrogens is 1. The quantitative estimate of drug-likeness (QED) is 0.387. The lowest BCUT2D eigenvalue weighted by Gasteiger charge is -2.31. The Morgan fingerprint density at radius 2 is 2.14 bits per heavy atom. The Balaban J connectivity index is 0.000000214. The zero-order chi connectivity index (χ0) is 24.4. The summed E-state index contributed by atoms with van der Waals surface area (Å²) >= 11 is 0. The summed E-state index contributed by atoms with van der Waals surface area (Å²) in [6, 6.07) is 7.97. The molecule has 10 nitrogen and oxygen atoms in total. The van der Waals surface area contributed by atoms with Gasteiger partial charge in [0.2, 0.25) is 5.95 Å². The van der Waals surface area contributed by atoms with E-state index in [0.717, 1.165) is 54.6 Å². The molecule has 4 aromatic heterocycles. The average Bonchev–Trinajstić information content (AvgIpc) is 3.20. The highest BCUT2D eigenvalue weighted by molar-refractivity contribution is 5.73. The summed E-state index contributed by atoms with van der Waals surface area (Å²) in [6.45, 7) is 8.34. The molecule has 6 rings (SSSR count). The van der Waals surface area contributed by atoms with Crippen molar-refractivity contribution in [2.75, 3.05) is 16.8 Å². The van der Waals surface area contributed by atoms with Gasteiger partial charge in [-0.05, 0) is 64.7 Å². The van der Waals surface area contributed by atoms with Gasteiger partial charge in [0.05, 0.1) is 0 Å². The topological polar surface area (TPSA) is 109 Å². The first-order valence-corrected chi connectivity index (χ1v) is 12.4. The molecule has 0 amide bonds. The predicted octanol–water partition coefficient (Wildman–Crippen LogP) is 4.10. The lowest BCUT2D eigenvalue weighted by Crippen LogP contribution is -2.39. The number of hydrogen-bond acceptors (Lipinski definition) is 7. The van der Waals surface area contributed by atoms with Crippen LogP contribution in [0.15, 0.2) is 36.7 Å². The van der Waals surface area contributed by atoms with Gasteiger partial charge in [-0.3, -0.25) is 9.78 Å². The molecule has 10 heteroatoms. The van der Waals surface area contributed by atoms with Crippen molar-refractivity contribution >= 4 is 29.4 Å². The number of fused-ring (bicyclic) bond motifs is 1. The second-order valence-electron chi connectivity index (χ2n) is 9.78. The normalized spacial score (nSPS) is 16.8. The van der Waals surface area contributed by atoms with Gasteiger partial charge in [0.15, 0.2) is 11.6 Å². The van der Waals surface area contributed by atoms with E-state index in [9.17, 15) is 4.79 Å². The predicted molar refractivity (Wildman–Crippen MR) is 135 cm³/mol. The highest BCUT2D eigenvalue weighted by Crippen LogP contribution is 2.40. The molecule has 0 radical (unpaired) electrons. The summed E-state index contributed by atoms with van der Waals surface area (Å²) in [5.41, 5.74) is 3.24. The number of aromatic nitrogens is 7. The lowest BCUT2D eigenvalue weighted by molar-refractivity contribution is -0.107. The Labute approximate surface area is 204 Å². The number of anilines is 3. The second-order valence-corrected chi connectivity index (χ2v) is 9.78. The maximum atomic E-state index is 10.1. The van der Waals surface area contributed by atoms with Crippen LogP contribution in [0.3, 0.4) is 0 Å². The number of carbonyl (C=O) groups excluding carboxylic acids is 1. The van der Waals surface area contributed by atoms with E-state index in [1.165, 1.54) is 25.0 Å². The highest BCUT2D eigenvalue weighted by atomic mass is 16.1. The van der Waals surface area contributed by atoms with E-state index in [0.29, 0.717) is 12.3 Å². The third kappa shape index (κ3) is 4.91. The third-order valence-corrected chi connectivity index (χ3v) is 6.78. The Bertz CT molecular complexity index is 1300. The summed E-state index contributed by atoms with van der Waals surface area (Å²) in [5, 5.41) is 19.7. The fourth-order valence-corrected chi connectivity index (χ4v) is 4.64. The van der Waals surface area contributed by atoms with E-state index < -0.39 is 0 Å². The molecule has 1 aliphatic heterocycles. The van der Waals surface area contributed by atoms with Gasteiger partial charge in [-0.2, -0.15) is 15.2 Å². The Morgan fingerprint density at radius 1 is 1.29 bits per heavy atom. The summed E-state index contributed by atoms with van der Waals surface area (Å²) in [5.74, 6) is 3.04. The molecule has 0 aromatic carbocycles. The van der Waals surface area contributed by atoms with Crippen molar-refractivity contribution in [3.8, 4) is 0 Å². The Hall–Kier alpha value is -3.69. The first-order chi connectivity index (χ1) is 17.0. The Kier molecular flexibility index (Phi) is 6.27. The van der Waals surface area contributed by atoms with Crippen LogP contribution in [0, 0.1) is 0 Å². The van der Waals surface area contributed by atoms with E-state index >= 15 is 0 Å². The number of carbonyl (C=O) groups is 1. The van der Waals surface area contributed by atoms with E-state index in [1.807, 2.05) is 40.5 Å². The molecule has 0 bridgehead atoms. The number of nitrogens with one attached hydrogen (secondary N) is 2. The van der Waals surface area contributed by atoms with Gasteiger partial charge in [-0.25, -0.2) is 4.52 Å². The van der Waals surface area contributed by atoms with Crippen molar-refractivity contribution < 1.29 is 4.79 Å². The maximum absolute atomic E-state index is 10.1. The van der Waals surface area contributed by atoms with Gasteiger partial charge in [-0.1, -0.05) is 0 Å². The smallest absolute Gasteiger partial charge is 0.246 e. The molecule has 35 heavy (non-hydrogen) atoms. The molecule has 0 atom stereocenters. The van der Waals surface area contributed by atoms with Crippen molar-refractivity contribution in [3.63, 3.8) is 0 Å². The minimum absolute atomic E-state index is 0.0869. The van der Waals surface area contributed by atoms with Crippen LogP contribution in [0.1, 0.15) is 63.8 Å². The minimum Gasteiger partial charge on any atom is -0.334 e. The number of nitrogens with zero attached hydrogens (tertiary/aromatic N) is 7. The molecule has 2 aliphatic rings. The van der Waals surface area contributed by atoms with Crippen LogP contribution in [0.2, 0.25) is 0 Å². The van der Waals surface area contributed by atoms with Crippen molar-refractivity contribution in [1.82, 2.24) is 34.6 Å². The maximum Gasteiger partial charge on any atom is 0.246 e. The van der Waals surface area contributed by atoms with E-state index in [4.69, 9.17) is 10.1 Å². The molecule has 184 valence electrons. The summed E-state index contributed by atoms with van der Waals surface area (Å²) in [6.07, 6.45) is 9.88. The van der Waals surface area contributed by atoms with Gasteiger partial charge in [0.25, 0.3) is 0 Å². The third-order valence-electron chi connectivity index (χ3n) is 6.78. The van der Waals surface area contributed by atoms with Crippen LogP contribution in [-0.2, 0) is 17.8 Å². The molecule has 1 aliphatic carbocycles. The number of hydrogen-bond donors (Lipinski definition) is 2. The molecule has 1 saturated carbocycles. The largest absolute Gasteiger partial charge is 0.334 e. The van der Waals surface area contributed by atoms with Gasteiger partial charge in [-0.15, -0.1) is 5.10 Å². The molecular weight excluding hydrogens is 442 g/mol. The molecule has 2 N–H and O–H groups in total. The fourth-order valence-electron chi connectivity index (χ4n) is 4.64. The first kappa shape index (κ1) is 23.1. The molecule has 4 aromatic rings. The zero-order valence-corrected chi connectivity index (χ0v) is 20.6. The van der Waals surface area contributed by atoms with Gasteiger partial charge < -0.3 is 15.0 Å². The molecule has 0 spiro atoms. The van der Waals surface area contributed by atoms with E-state index in [-0.39, 0.29) is 5.54 Å². The number of rotatable bonds is 7. The minimum atomic E-state index is 0.0869. The molecule has 2 fully saturated rings. The van der Waals surface area contributed by atoms with Crippen LogP contribution >= 0.6 is 0 Å². The van der Waals surface area contributed by atoms with Gasteiger partial charge >= 0.3 is 0 Å². The fraction of sp³-hybridized carbons (Fsp3) is 0.480. The van der Waals surface area contributed by atoms with Crippen molar-refractivity contribution in [2.45, 2.75) is 70.9 Å². The van der Waals surface area contributed by atoms with Crippen LogP contribution in [-0.4, -0.2) is 52.9 Å². The van der Waals surface area contributed by atoms with Crippen LogP contribution < -0.4 is 10.2 Å². The van der Waals surface area contributed by atoms with Crippen molar-refractivity contribution in [2.24, 2.45) is 0 Å². The number of aryl methyl sites for hydroxylation is 1. The first-order valence-electron chi connectivity index (χ1n) is 12.4. The molecule has 0 unspecified atom stereocenters. The number of aldehydes is 1. The van der Waals surface area contributed by atoms with Crippen LogP contribution in [0.4, 0.5) is 17.6 Å².